The molecular formula is C8H15NO4. The Morgan fingerprint density at radius 3 is 2.46 bits per heavy atom. The van der Waals surface area contributed by atoms with Crippen LogP contribution in [0.4, 0.5) is 0 Å². The molecule has 76 valence electrons. The monoisotopic (exact) mass is 189 g/mol. The van der Waals surface area contributed by atoms with Crippen LogP contribution in [0.1, 0.15) is 0 Å². The Hall–Kier alpha value is -0.650. The fourth-order valence-electron chi connectivity index (χ4n) is 1.54. The largest absolute Gasteiger partial charge is 0.468 e. The summed E-state index contributed by atoms with van der Waals surface area (Å²) in [6, 6.07) is -0.417. The van der Waals surface area contributed by atoms with Crippen molar-refractivity contribution in [2.75, 3.05) is 27.9 Å². The SMILES string of the molecule is COC(=O)[C@@H]1NC[C@@H](OC)[C@H]1OC. The van der Waals surface area contributed by atoms with E-state index in [1.807, 2.05) is 0 Å². The van der Waals surface area contributed by atoms with Gasteiger partial charge in [0, 0.05) is 20.8 Å². The van der Waals surface area contributed by atoms with Gasteiger partial charge in [0.2, 0.25) is 0 Å². The number of rotatable bonds is 3. The van der Waals surface area contributed by atoms with Gasteiger partial charge in [-0.1, -0.05) is 0 Å². The van der Waals surface area contributed by atoms with Crippen LogP contribution < -0.4 is 5.32 Å². The average molecular weight is 189 g/mol. The maximum Gasteiger partial charge on any atom is 0.325 e. The highest BCUT2D eigenvalue weighted by molar-refractivity contribution is 5.77. The van der Waals surface area contributed by atoms with Crippen LogP contribution in [0.15, 0.2) is 0 Å². The molecule has 0 amide bonds. The van der Waals surface area contributed by atoms with E-state index in [9.17, 15) is 4.79 Å². The first-order valence-electron chi connectivity index (χ1n) is 4.11. The molecule has 0 aromatic carbocycles. The predicted molar refractivity (Wildman–Crippen MR) is 45.4 cm³/mol. The molecule has 1 heterocycles. The highest BCUT2D eigenvalue weighted by atomic mass is 16.5. The third kappa shape index (κ3) is 1.99. The van der Waals surface area contributed by atoms with Gasteiger partial charge in [-0.25, -0.2) is 0 Å². The minimum atomic E-state index is -0.417. The molecule has 1 fully saturated rings. The second kappa shape index (κ2) is 4.55. The first kappa shape index (κ1) is 10.4. The lowest BCUT2D eigenvalue weighted by Crippen LogP contribution is -2.42. The second-order valence-electron chi connectivity index (χ2n) is 2.88. The van der Waals surface area contributed by atoms with Gasteiger partial charge in [0.25, 0.3) is 0 Å². The minimum absolute atomic E-state index is 0.0888. The van der Waals surface area contributed by atoms with Crippen LogP contribution >= 0.6 is 0 Å². The summed E-state index contributed by atoms with van der Waals surface area (Å²) in [5.74, 6) is -0.314. The molecule has 1 rings (SSSR count). The standard InChI is InChI=1S/C8H15NO4/c1-11-5-4-9-6(7(5)12-2)8(10)13-3/h5-7,9H,4H2,1-3H3/t5-,6-,7-/m1/s1. The summed E-state index contributed by atoms with van der Waals surface area (Å²) >= 11 is 0. The van der Waals surface area contributed by atoms with E-state index in [4.69, 9.17) is 9.47 Å². The molecule has 5 heteroatoms. The van der Waals surface area contributed by atoms with Gasteiger partial charge in [0.15, 0.2) is 0 Å². The maximum absolute atomic E-state index is 11.2. The average Bonchev–Trinajstić information content (AvgIpc) is 2.58. The second-order valence-corrected chi connectivity index (χ2v) is 2.88. The summed E-state index contributed by atoms with van der Waals surface area (Å²) in [6.07, 6.45) is -0.355. The van der Waals surface area contributed by atoms with Crippen LogP contribution in [-0.2, 0) is 19.0 Å². The van der Waals surface area contributed by atoms with E-state index in [0.717, 1.165) is 0 Å². The fraction of sp³-hybridized carbons (Fsp3) is 0.875. The molecule has 3 atom stereocenters. The van der Waals surface area contributed by atoms with E-state index >= 15 is 0 Å². The minimum Gasteiger partial charge on any atom is -0.468 e. The Morgan fingerprint density at radius 1 is 1.31 bits per heavy atom. The summed E-state index contributed by atoms with van der Waals surface area (Å²) in [5.41, 5.74) is 0. The Balaban J connectivity index is 2.62. The van der Waals surface area contributed by atoms with Crippen molar-refractivity contribution >= 4 is 5.97 Å². The van der Waals surface area contributed by atoms with Gasteiger partial charge >= 0.3 is 5.97 Å². The summed E-state index contributed by atoms with van der Waals surface area (Å²) in [4.78, 5) is 11.2. The van der Waals surface area contributed by atoms with E-state index in [2.05, 4.69) is 10.1 Å². The van der Waals surface area contributed by atoms with E-state index < -0.39 is 6.04 Å². The number of carbonyl (C=O) groups is 1. The quantitative estimate of drug-likeness (QED) is 0.587. The van der Waals surface area contributed by atoms with Crippen molar-refractivity contribution in [1.82, 2.24) is 5.32 Å². The Morgan fingerprint density at radius 2 is 2.00 bits per heavy atom. The molecule has 0 unspecified atom stereocenters. The number of hydrogen-bond acceptors (Lipinski definition) is 5. The Bertz CT molecular complexity index is 185. The van der Waals surface area contributed by atoms with Gasteiger partial charge < -0.3 is 14.2 Å². The molecule has 0 bridgehead atoms. The first-order chi connectivity index (χ1) is 6.24. The third-order valence-corrected chi connectivity index (χ3v) is 2.26. The lowest BCUT2D eigenvalue weighted by Gasteiger charge is -2.19. The molecule has 1 N–H and O–H groups in total. The number of nitrogens with one attached hydrogen (secondary N) is 1. The number of esters is 1. The first-order valence-corrected chi connectivity index (χ1v) is 4.11. The highest BCUT2D eigenvalue weighted by Crippen LogP contribution is 2.14. The van der Waals surface area contributed by atoms with Gasteiger partial charge in [-0.15, -0.1) is 0 Å². The van der Waals surface area contributed by atoms with Crippen molar-refractivity contribution in [3.63, 3.8) is 0 Å². The molecule has 1 saturated heterocycles. The van der Waals surface area contributed by atoms with Gasteiger partial charge in [0.05, 0.1) is 13.2 Å². The summed E-state index contributed by atoms with van der Waals surface area (Å²) < 4.78 is 14.9. The van der Waals surface area contributed by atoms with Crippen molar-refractivity contribution in [1.29, 1.82) is 0 Å². The van der Waals surface area contributed by atoms with Crippen LogP contribution in [0, 0.1) is 0 Å². The zero-order valence-electron chi connectivity index (χ0n) is 8.07. The van der Waals surface area contributed by atoms with E-state index in [-0.39, 0.29) is 18.2 Å². The zero-order chi connectivity index (χ0) is 9.84. The molecule has 1 aliphatic heterocycles. The van der Waals surface area contributed by atoms with Crippen molar-refractivity contribution in [2.45, 2.75) is 18.2 Å². The van der Waals surface area contributed by atoms with Crippen LogP contribution in [0.2, 0.25) is 0 Å². The smallest absolute Gasteiger partial charge is 0.325 e. The van der Waals surface area contributed by atoms with E-state index in [1.165, 1.54) is 7.11 Å². The molecule has 13 heavy (non-hydrogen) atoms. The molecule has 0 aliphatic carbocycles. The topological polar surface area (TPSA) is 56.8 Å². The van der Waals surface area contributed by atoms with Crippen molar-refractivity contribution < 1.29 is 19.0 Å². The normalized spacial score (nSPS) is 33.3. The van der Waals surface area contributed by atoms with Crippen LogP contribution in [0.5, 0.6) is 0 Å². The molecule has 1 aliphatic rings. The molecule has 5 nitrogen and oxygen atoms in total. The number of methoxy groups -OCH3 is 3. The van der Waals surface area contributed by atoms with E-state index in [1.54, 1.807) is 14.2 Å². The predicted octanol–water partition coefficient (Wildman–Crippen LogP) is -0.839. The molecule has 0 saturated carbocycles. The summed E-state index contributed by atoms with van der Waals surface area (Å²) in [7, 11) is 4.51. The van der Waals surface area contributed by atoms with E-state index in [0.29, 0.717) is 6.54 Å². The lowest BCUT2D eigenvalue weighted by atomic mass is 10.1. The molecule has 0 aromatic rings. The molecule has 0 radical (unpaired) electrons. The maximum atomic E-state index is 11.2. The summed E-state index contributed by atoms with van der Waals surface area (Å²) in [6.45, 7) is 0.606. The molecule has 0 aromatic heterocycles. The van der Waals surface area contributed by atoms with Crippen molar-refractivity contribution in [2.24, 2.45) is 0 Å². The fourth-order valence-corrected chi connectivity index (χ4v) is 1.54. The lowest BCUT2D eigenvalue weighted by molar-refractivity contribution is -0.147. The third-order valence-electron chi connectivity index (χ3n) is 2.26. The van der Waals surface area contributed by atoms with Crippen molar-refractivity contribution in [3.05, 3.63) is 0 Å². The molecule has 0 spiro atoms. The Kier molecular flexibility index (Phi) is 3.65. The van der Waals surface area contributed by atoms with Crippen molar-refractivity contribution in [3.8, 4) is 0 Å². The highest BCUT2D eigenvalue weighted by Gasteiger charge is 2.41. The van der Waals surface area contributed by atoms with Gasteiger partial charge in [-0.05, 0) is 0 Å². The van der Waals surface area contributed by atoms with Gasteiger partial charge in [-0.2, -0.15) is 0 Å². The number of hydrogen-bond donors (Lipinski definition) is 1. The van der Waals surface area contributed by atoms with Gasteiger partial charge in [0.1, 0.15) is 12.1 Å². The van der Waals surface area contributed by atoms with Crippen LogP contribution in [0.3, 0.4) is 0 Å². The number of ether oxygens (including phenoxy) is 3. The number of carbonyl (C=O) groups excluding carboxylic acids is 1. The molecular weight excluding hydrogens is 174 g/mol. The van der Waals surface area contributed by atoms with Gasteiger partial charge in [-0.3, -0.25) is 10.1 Å². The summed E-state index contributed by atoms with van der Waals surface area (Å²) in [5, 5.41) is 2.98. The zero-order valence-corrected chi connectivity index (χ0v) is 8.07. The Labute approximate surface area is 77.3 Å². The van der Waals surface area contributed by atoms with Crippen LogP contribution in [-0.4, -0.2) is 52.1 Å². The van der Waals surface area contributed by atoms with Crippen LogP contribution in [0.25, 0.3) is 0 Å².